The van der Waals surface area contributed by atoms with Gasteiger partial charge in [-0.05, 0) is 18.6 Å². The van der Waals surface area contributed by atoms with Crippen molar-refractivity contribution in [2.45, 2.75) is 26.0 Å². The summed E-state index contributed by atoms with van der Waals surface area (Å²) >= 11 is 0. The van der Waals surface area contributed by atoms with E-state index in [4.69, 9.17) is 4.84 Å². The molecule has 1 aromatic rings. The molecule has 16 heavy (non-hydrogen) atoms. The monoisotopic (exact) mass is 214 g/mol. The van der Waals surface area contributed by atoms with Crippen LogP contribution in [0.2, 0.25) is 0 Å². The minimum absolute atomic E-state index is 0.00356. The van der Waals surface area contributed by atoms with Gasteiger partial charge in [0.2, 0.25) is 6.23 Å². The van der Waals surface area contributed by atoms with E-state index in [0.29, 0.717) is 0 Å². The predicted octanol–water partition coefficient (Wildman–Crippen LogP) is 2.69. The predicted molar refractivity (Wildman–Crippen MR) is 64.4 cm³/mol. The molecule has 0 spiro atoms. The van der Waals surface area contributed by atoms with Crippen molar-refractivity contribution in [1.29, 1.82) is 0 Å². The molecular weight excluding hydrogens is 200 g/mol. The van der Waals surface area contributed by atoms with Crippen LogP contribution in [-0.2, 0) is 11.3 Å². The van der Waals surface area contributed by atoms with Gasteiger partial charge in [-0.15, -0.1) is 0 Å². The first-order valence-corrected chi connectivity index (χ1v) is 5.50. The lowest BCUT2D eigenvalue weighted by molar-refractivity contribution is 0.0881. The molecule has 0 amide bonds. The van der Waals surface area contributed by atoms with Crippen LogP contribution in [-0.4, -0.2) is 11.9 Å². The highest BCUT2D eigenvalue weighted by molar-refractivity contribution is 5.83. The molecule has 2 aliphatic heterocycles. The van der Waals surface area contributed by atoms with E-state index in [2.05, 4.69) is 34.8 Å². The molecule has 0 radical (unpaired) electrons. The van der Waals surface area contributed by atoms with Crippen LogP contribution >= 0.6 is 0 Å². The highest BCUT2D eigenvalue weighted by Crippen LogP contribution is 2.37. The van der Waals surface area contributed by atoms with E-state index in [-0.39, 0.29) is 6.23 Å². The molecule has 0 aliphatic carbocycles. The van der Waals surface area contributed by atoms with Gasteiger partial charge in [0, 0.05) is 24.2 Å². The van der Waals surface area contributed by atoms with Gasteiger partial charge in [0.25, 0.3) is 0 Å². The fourth-order valence-corrected chi connectivity index (χ4v) is 2.35. The van der Waals surface area contributed by atoms with Crippen molar-refractivity contribution < 1.29 is 4.84 Å². The summed E-state index contributed by atoms with van der Waals surface area (Å²) in [7, 11) is 0. The molecular formula is C13H14N2O. The molecule has 0 fully saturated rings. The molecule has 1 unspecified atom stereocenters. The van der Waals surface area contributed by atoms with Gasteiger partial charge >= 0.3 is 0 Å². The van der Waals surface area contributed by atoms with Crippen LogP contribution in [0, 0.1) is 0 Å². The normalized spacial score (nSPS) is 23.1. The lowest BCUT2D eigenvalue weighted by Gasteiger charge is -2.25. The summed E-state index contributed by atoms with van der Waals surface area (Å²) in [6.45, 7) is 6.11. The number of benzene rings is 1. The third-order valence-electron chi connectivity index (χ3n) is 3.07. The molecule has 3 rings (SSSR count). The number of rotatable bonds is 1. The molecule has 3 nitrogen and oxygen atoms in total. The fraction of sp³-hybridized carbons (Fsp3) is 0.308. The topological polar surface area (TPSA) is 24.8 Å². The quantitative estimate of drug-likeness (QED) is 0.718. The maximum absolute atomic E-state index is 5.43. The molecule has 0 saturated heterocycles. The smallest absolute Gasteiger partial charge is 0.209 e. The highest BCUT2D eigenvalue weighted by atomic mass is 16.7. The Morgan fingerprint density at radius 1 is 1.44 bits per heavy atom. The van der Waals surface area contributed by atoms with E-state index < -0.39 is 0 Å². The summed E-state index contributed by atoms with van der Waals surface area (Å²) in [4.78, 5) is 7.59. The summed E-state index contributed by atoms with van der Waals surface area (Å²) in [6.07, 6.45) is 1.76. The van der Waals surface area contributed by atoms with Gasteiger partial charge in [0.15, 0.2) is 0 Å². The minimum atomic E-state index is -0.00356. The minimum Gasteiger partial charge on any atom is -0.370 e. The number of hydrogen-bond acceptors (Lipinski definition) is 3. The zero-order valence-corrected chi connectivity index (χ0v) is 9.31. The summed E-state index contributed by atoms with van der Waals surface area (Å²) in [6, 6.07) is 8.37. The van der Waals surface area contributed by atoms with Crippen LogP contribution in [0.15, 0.2) is 41.7 Å². The number of oxime groups is 1. The van der Waals surface area contributed by atoms with Crippen molar-refractivity contribution in [3.05, 3.63) is 42.1 Å². The van der Waals surface area contributed by atoms with Crippen molar-refractivity contribution >= 4 is 11.4 Å². The Balaban J connectivity index is 1.94. The van der Waals surface area contributed by atoms with Gasteiger partial charge in [-0.1, -0.05) is 29.9 Å². The molecule has 3 heteroatoms. The Kier molecular flexibility index (Phi) is 1.99. The van der Waals surface area contributed by atoms with E-state index in [1.54, 1.807) is 0 Å². The van der Waals surface area contributed by atoms with E-state index in [0.717, 1.165) is 24.3 Å². The fourth-order valence-electron chi connectivity index (χ4n) is 2.35. The summed E-state index contributed by atoms with van der Waals surface area (Å²) in [5, 5.41) is 4.00. The lowest BCUT2D eigenvalue weighted by Crippen LogP contribution is -2.31. The van der Waals surface area contributed by atoms with E-state index in [9.17, 15) is 0 Å². The number of anilines is 1. The number of para-hydroxylation sites is 1. The van der Waals surface area contributed by atoms with Gasteiger partial charge in [-0.3, -0.25) is 0 Å². The molecule has 2 heterocycles. The number of nitrogens with zero attached hydrogens (tertiary/aromatic N) is 2. The average molecular weight is 214 g/mol. The zero-order chi connectivity index (χ0) is 11.1. The Labute approximate surface area is 95.0 Å². The Morgan fingerprint density at radius 3 is 3.00 bits per heavy atom. The van der Waals surface area contributed by atoms with Gasteiger partial charge in [0.1, 0.15) is 0 Å². The standard InChI is InChI=1S/C13H14N2O/c1-9-7-13(16-14-9)15-10(2)8-11-5-3-4-6-12(11)15/h3-6,13H,2,7-8H2,1H3. The van der Waals surface area contributed by atoms with Crippen molar-refractivity contribution in [1.82, 2.24) is 0 Å². The van der Waals surface area contributed by atoms with Crippen molar-refractivity contribution in [3.63, 3.8) is 0 Å². The van der Waals surface area contributed by atoms with Gasteiger partial charge in [0.05, 0.1) is 5.71 Å². The molecule has 1 aromatic carbocycles. The largest absolute Gasteiger partial charge is 0.370 e. The lowest BCUT2D eigenvalue weighted by atomic mass is 10.1. The second-order valence-electron chi connectivity index (χ2n) is 4.33. The van der Waals surface area contributed by atoms with Crippen molar-refractivity contribution in [3.8, 4) is 0 Å². The van der Waals surface area contributed by atoms with Gasteiger partial charge < -0.3 is 9.74 Å². The molecule has 2 aliphatic rings. The third kappa shape index (κ3) is 1.32. The maximum atomic E-state index is 5.43. The highest BCUT2D eigenvalue weighted by Gasteiger charge is 2.32. The second-order valence-corrected chi connectivity index (χ2v) is 4.33. The molecule has 0 aromatic heterocycles. The molecule has 0 saturated carbocycles. The average Bonchev–Trinajstić information content (AvgIpc) is 2.80. The van der Waals surface area contributed by atoms with Crippen LogP contribution in [0.3, 0.4) is 0 Å². The maximum Gasteiger partial charge on any atom is 0.209 e. The zero-order valence-electron chi connectivity index (χ0n) is 9.31. The van der Waals surface area contributed by atoms with Crippen LogP contribution in [0.25, 0.3) is 0 Å². The number of allylic oxidation sites excluding steroid dienone is 1. The van der Waals surface area contributed by atoms with Crippen LogP contribution < -0.4 is 4.90 Å². The van der Waals surface area contributed by atoms with Crippen LogP contribution in [0.1, 0.15) is 18.9 Å². The van der Waals surface area contributed by atoms with E-state index in [1.165, 1.54) is 11.3 Å². The molecule has 0 bridgehead atoms. The first-order chi connectivity index (χ1) is 7.75. The SMILES string of the molecule is C=C1Cc2ccccc2N1C1CC(C)=NO1. The second kappa shape index (κ2) is 3.37. The summed E-state index contributed by atoms with van der Waals surface area (Å²) in [5.74, 6) is 0. The molecule has 82 valence electrons. The number of hydrogen-bond donors (Lipinski definition) is 0. The first-order valence-electron chi connectivity index (χ1n) is 5.50. The first kappa shape index (κ1) is 9.46. The van der Waals surface area contributed by atoms with Crippen LogP contribution in [0.5, 0.6) is 0 Å². The van der Waals surface area contributed by atoms with E-state index >= 15 is 0 Å². The van der Waals surface area contributed by atoms with Crippen molar-refractivity contribution in [2.75, 3.05) is 4.90 Å². The summed E-state index contributed by atoms with van der Waals surface area (Å²) in [5.41, 5.74) is 4.67. The Hall–Kier alpha value is -1.77. The van der Waals surface area contributed by atoms with Crippen molar-refractivity contribution in [2.24, 2.45) is 5.16 Å². The Morgan fingerprint density at radius 2 is 2.25 bits per heavy atom. The molecule has 0 N–H and O–H groups in total. The van der Waals surface area contributed by atoms with Gasteiger partial charge in [-0.25, -0.2) is 0 Å². The summed E-state index contributed by atoms with van der Waals surface area (Å²) < 4.78 is 0. The molecule has 1 atom stereocenters. The van der Waals surface area contributed by atoms with Gasteiger partial charge in [-0.2, -0.15) is 0 Å². The number of fused-ring (bicyclic) bond motifs is 1. The Bertz CT molecular complexity index is 479. The third-order valence-corrected chi connectivity index (χ3v) is 3.07. The van der Waals surface area contributed by atoms with E-state index in [1.807, 2.05) is 13.0 Å². The van der Waals surface area contributed by atoms with Crippen LogP contribution in [0.4, 0.5) is 5.69 Å².